The Hall–Kier alpha value is -2.38. The Kier molecular flexibility index (Phi) is 9.15. The molecule has 0 aliphatic rings. The van der Waals surface area contributed by atoms with Crippen LogP contribution in [0, 0.1) is 6.92 Å². The maximum absolute atomic E-state index is 12.0. The van der Waals surface area contributed by atoms with Crippen LogP contribution in [-0.2, 0) is 9.59 Å². The van der Waals surface area contributed by atoms with E-state index in [-0.39, 0.29) is 6.42 Å². The first-order chi connectivity index (χ1) is 13.9. The number of carbonyl (C=O) groups is 2. The van der Waals surface area contributed by atoms with Crippen LogP contribution < -0.4 is 15.5 Å². The van der Waals surface area contributed by atoms with Crippen molar-refractivity contribution in [3.8, 4) is 5.75 Å². The lowest BCUT2D eigenvalue weighted by molar-refractivity contribution is -0.126. The number of halogens is 2. The van der Waals surface area contributed by atoms with E-state index in [9.17, 15) is 9.59 Å². The van der Waals surface area contributed by atoms with Crippen molar-refractivity contribution in [1.82, 2.24) is 5.43 Å². The third-order valence-electron chi connectivity index (χ3n) is 3.90. The largest absolute Gasteiger partial charge is 0.493 e. The van der Waals surface area contributed by atoms with Gasteiger partial charge in [0.1, 0.15) is 12.2 Å². The molecule has 6 nitrogen and oxygen atoms in total. The van der Waals surface area contributed by atoms with E-state index in [0.29, 0.717) is 23.1 Å². The number of unbranched alkanes of at least 4 members (excludes halogenated alkanes) is 1. The lowest BCUT2D eigenvalue weighted by Crippen LogP contribution is -2.24. The number of nitrogens with one attached hydrogen (secondary N) is 2. The highest BCUT2D eigenvalue weighted by Gasteiger charge is 2.10. The predicted molar refractivity (Wildman–Crippen MR) is 120 cm³/mol. The Morgan fingerprint density at radius 3 is 2.72 bits per heavy atom. The molecule has 0 heterocycles. The summed E-state index contributed by atoms with van der Waals surface area (Å²) in [5, 5.41) is 7.11. The topological polar surface area (TPSA) is 79.8 Å². The summed E-state index contributed by atoms with van der Waals surface area (Å²) in [6.07, 6.45) is 3.11. The first-order valence-corrected chi connectivity index (χ1v) is 10.4. The monoisotopic (exact) mass is 479 g/mol. The molecule has 0 aromatic heterocycles. The van der Waals surface area contributed by atoms with Gasteiger partial charge in [-0.15, -0.1) is 0 Å². The van der Waals surface area contributed by atoms with Gasteiger partial charge in [0.25, 0.3) is 0 Å². The summed E-state index contributed by atoms with van der Waals surface area (Å²) >= 11 is 9.44. The van der Waals surface area contributed by atoms with Crippen LogP contribution in [0.1, 0.15) is 37.3 Å². The van der Waals surface area contributed by atoms with E-state index < -0.39 is 11.8 Å². The van der Waals surface area contributed by atoms with E-state index in [4.69, 9.17) is 16.3 Å². The highest BCUT2D eigenvalue weighted by Crippen LogP contribution is 2.22. The molecular formula is C21H23BrClN3O3. The lowest BCUT2D eigenvalue weighted by atomic mass is 10.2. The Balaban J connectivity index is 1.89. The van der Waals surface area contributed by atoms with E-state index in [1.807, 2.05) is 25.1 Å². The van der Waals surface area contributed by atoms with Gasteiger partial charge in [-0.3, -0.25) is 9.59 Å². The van der Waals surface area contributed by atoms with Crippen LogP contribution >= 0.6 is 27.5 Å². The second kappa shape index (κ2) is 11.6. The fourth-order valence-corrected chi connectivity index (χ4v) is 2.87. The summed E-state index contributed by atoms with van der Waals surface area (Å²) in [7, 11) is 0. The van der Waals surface area contributed by atoms with Crippen molar-refractivity contribution in [2.75, 3.05) is 11.9 Å². The lowest BCUT2D eigenvalue weighted by Gasteiger charge is -2.09. The number of rotatable bonds is 9. The Bertz CT molecular complexity index is 903. The molecule has 8 heteroatoms. The zero-order chi connectivity index (χ0) is 21.2. The van der Waals surface area contributed by atoms with Crippen LogP contribution in [0.25, 0.3) is 0 Å². The second-order valence-corrected chi connectivity index (χ2v) is 7.69. The summed E-state index contributed by atoms with van der Waals surface area (Å²) in [5.41, 5.74) is 4.51. The van der Waals surface area contributed by atoms with E-state index in [0.717, 1.165) is 28.4 Å². The number of nitrogens with zero attached hydrogens (tertiary/aromatic N) is 1. The number of carbonyl (C=O) groups excluding carboxylic acids is 2. The summed E-state index contributed by atoms with van der Waals surface area (Å²) in [4.78, 5) is 24.0. The summed E-state index contributed by atoms with van der Waals surface area (Å²) in [6.45, 7) is 4.56. The molecule has 0 saturated heterocycles. The molecule has 0 atom stereocenters. The van der Waals surface area contributed by atoms with Crippen LogP contribution in [0.15, 0.2) is 46.0 Å². The molecule has 2 rings (SSSR count). The smallest absolute Gasteiger partial charge is 0.249 e. The highest BCUT2D eigenvalue weighted by molar-refractivity contribution is 9.10. The van der Waals surface area contributed by atoms with Gasteiger partial charge in [-0.2, -0.15) is 5.10 Å². The summed E-state index contributed by atoms with van der Waals surface area (Å²) in [5.74, 6) is -0.308. The van der Waals surface area contributed by atoms with Gasteiger partial charge in [-0.05, 0) is 49.2 Å². The van der Waals surface area contributed by atoms with Crippen LogP contribution in [0.3, 0.4) is 0 Å². The average Bonchev–Trinajstić information content (AvgIpc) is 2.66. The molecule has 0 fully saturated rings. The number of anilines is 1. The zero-order valence-corrected chi connectivity index (χ0v) is 18.6. The molecule has 29 heavy (non-hydrogen) atoms. The Labute approximate surface area is 183 Å². The summed E-state index contributed by atoms with van der Waals surface area (Å²) in [6, 6.07) is 10.7. The van der Waals surface area contributed by atoms with Crippen molar-refractivity contribution in [2.45, 2.75) is 33.1 Å². The molecule has 0 aliphatic carbocycles. The fourth-order valence-electron chi connectivity index (χ4n) is 2.31. The minimum Gasteiger partial charge on any atom is -0.493 e. The predicted octanol–water partition coefficient (Wildman–Crippen LogP) is 5.07. The van der Waals surface area contributed by atoms with Crippen LogP contribution in [0.5, 0.6) is 5.75 Å². The molecule has 0 spiro atoms. The fraction of sp³-hybridized carbons (Fsp3) is 0.286. The molecule has 0 saturated carbocycles. The molecular weight excluding hydrogens is 458 g/mol. The number of ether oxygens (including phenoxy) is 1. The standard InChI is InChI=1S/C21H23BrClN3O3/c1-3-4-9-29-19-8-6-16(22)10-15(19)13-24-26-21(28)12-20(27)25-17-7-5-14(2)18(23)11-17/h5-8,10-11,13H,3-4,9,12H2,1-2H3,(H,25,27)(H,26,28). The third kappa shape index (κ3) is 7.87. The number of benzene rings is 2. The maximum Gasteiger partial charge on any atom is 0.249 e. The van der Waals surface area contributed by atoms with Crippen molar-refractivity contribution in [2.24, 2.45) is 5.10 Å². The Morgan fingerprint density at radius 2 is 2.00 bits per heavy atom. The highest BCUT2D eigenvalue weighted by atomic mass is 79.9. The summed E-state index contributed by atoms with van der Waals surface area (Å²) < 4.78 is 6.60. The van der Waals surface area contributed by atoms with Crippen molar-refractivity contribution in [3.63, 3.8) is 0 Å². The second-order valence-electron chi connectivity index (χ2n) is 6.37. The van der Waals surface area contributed by atoms with Crippen molar-refractivity contribution in [1.29, 1.82) is 0 Å². The van der Waals surface area contributed by atoms with Gasteiger partial charge in [-0.25, -0.2) is 5.43 Å². The molecule has 2 N–H and O–H groups in total. The first kappa shape index (κ1) is 22.9. The van der Waals surface area contributed by atoms with E-state index in [2.05, 4.69) is 38.7 Å². The number of aryl methyl sites for hydroxylation is 1. The SMILES string of the molecule is CCCCOc1ccc(Br)cc1C=NNC(=O)CC(=O)Nc1ccc(C)c(Cl)c1. The van der Waals surface area contributed by atoms with Gasteiger partial charge < -0.3 is 10.1 Å². The Morgan fingerprint density at radius 1 is 1.21 bits per heavy atom. The van der Waals surface area contributed by atoms with Crippen molar-refractivity contribution >= 4 is 51.2 Å². The molecule has 2 aromatic carbocycles. The van der Waals surface area contributed by atoms with Crippen LogP contribution in [0.2, 0.25) is 5.02 Å². The maximum atomic E-state index is 12.0. The molecule has 0 unspecified atom stereocenters. The van der Waals surface area contributed by atoms with Crippen LogP contribution in [-0.4, -0.2) is 24.6 Å². The molecule has 0 aliphatic heterocycles. The molecule has 0 bridgehead atoms. The number of hydrazone groups is 1. The number of amides is 2. The van der Waals surface area contributed by atoms with E-state index in [1.165, 1.54) is 6.21 Å². The molecule has 2 aromatic rings. The number of hydrogen-bond donors (Lipinski definition) is 2. The number of hydrogen-bond acceptors (Lipinski definition) is 4. The zero-order valence-electron chi connectivity index (χ0n) is 16.3. The van der Waals surface area contributed by atoms with E-state index in [1.54, 1.807) is 18.2 Å². The van der Waals surface area contributed by atoms with E-state index >= 15 is 0 Å². The third-order valence-corrected chi connectivity index (χ3v) is 4.80. The van der Waals surface area contributed by atoms with Crippen molar-refractivity contribution in [3.05, 3.63) is 57.0 Å². The van der Waals surface area contributed by atoms with Crippen LogP contribution in [0.4, 0.5) is 5.69 Å². The van der Waals surface area contributed by atoms with Gasteiger partial charge in [0.15, 0.2) is 0 Å². The first-order valence-electron chi connectivity index (χ1n) is 9.19. The average molecular weight is 481 g/mol. The quantitative estimate of drug-likeness (QED) is 0.228. The van der Waals surface area contributed by atoms with Gasteiger partial charge in [-0.1, -0.05) is 46.9 Å². The van der Waals surface area contributed by atoms with Crippen molar-refractivity contribution < 1.29 is 14.3 Å². The van der Waals surface area contributed by atoms with Gasteiger partial charge >= 0.3 is 0 Å². The normalized spacial score (nSPS) is 10.8. The van der Waals surface area contributed by atoms with Gasteiger partial charge in [0, 0.05) is 20.7 Å². The van der Waals surface area contributed by atoms with Gasteiger partial charge in [0.2, 0.25) is 11.8 Å². The molecule has 2 amide bonds. The molecule has 154 valence electrons. The minimum atomic E-state index is -0.527. The minimum absolute atomic E-state index is 0.360. The van der Waals surface area contributed by atoms with Gasteiger partial charge in [0.05, 0.1) is 12.8 Å². The molecule has 0 radical (unpaired) electrons.